The van der Waals surface area contributed by atoms with Crippen molar-refractivity contribution < 1.29 is 5.11 Å². The molecule has 2 fully saturated rings. The zero-order valence-corrected chi connectivity index (χ0v) is 16.2. The first-order valence-corrected chi connectivity index (χ1v) is 11.3. The molecule has 0 saturated heterocycles. The third kappa shape index (κ3) is 4.50. The lowest BCUT2D eigenvalue weighted by Crippen LogP contribution is -2.09. The minimum atomic E-state index is 0.591. The third-order valence-corrected chi connectivity index (χ3v) is 7.06. The predicted molar refractivity (Wildman–Crippen MR) is 105 cm³/mol. The van der Waals surface area contributed by atoms with Gasteiger partial charge in [0.2, 0.25) is 0 Å². The normalized spacial score (nSPS) is 20.4. The number of aromatic hydroxyl groups is 1. The first kappa shape index (κ1) is 18.2. The maximum Gasteiger partial charge on any atom is 0.122 e. The molecule has 0 heterocycles. The smallest absolute Gasteiger partial charge is 0.122 e. The minimum absolute atomic E-state index is 0.591. The van der Waals surface area contributed by atoms with Crippen LogP contribution in [0.15, 0.2) is 17.0 Å². The van der Waals surface area contributed by atoms with Crippen molar-refractivity contribution in [3.05, 3.63) is 23.3 Å². The Hall–Kier alpha value is -0.630. The molecule has 0 amide bonds. The maximum atomic E-state index is 11.1. The summed E-state index contributed by atoms with van der Waals surface area (Å²) in [6, 6.07) is 4.66. The van der Waals surface area contributed by atoms with E-state index in [2.05, 4.69) is 19.1 Å². The molecule has 1 N–H and O–H groups in total. The number of phenolic OH excluding ortho intramolecular Hbond substituents is 1. The summed E-state index contributed by atoms with van der Waals surface area (Å²) in [5.41, 5.74) is 2.55. The number of benzene rings is 1. The molecular formula is C22H34OS. The van der Waals surface area contributed by atoms with Gasteiger partial charge in [-0.15, -0.1) is 11.8 Å². The van der Waals surface area contributed by atoms with E-state index in [4.69, 9.17) is 0 Å². The second-order valence-corrected chi connectivity index (χ2v) is 8.99. The molecule has 24 heavy (non-hydrogen) atoms. The van der Waals surface area contributed by atoms with Crippen molar-refractivity contribution in [2.45, 2.75) is 101 Å². The van der Waals surface area contributed by atoms with Crippen molar-refractivity contribution in [2.24, 2.45) is 0 Å². The van der Waals surface area contributed by atoms with Crippen molar-refractivity contribution in [1.29, 1.82) is 0 Å². The van der Waals surface area contributed by atoms with Crippen LogP contribution in [0.2, 0.25) is 0 Å². The van der Waals surface area contributed by atoms with Crippen molar-refractivity contribution in [3.63, 3.8) is 0 Å². The molecule has 0 aromatic heterocycles. The Labute approximate surface area is 152 Å². The first-order valence-electron chi connectivity index (χ1n) is 10.3. The average molecular weight is 347 g/mol. The van der Waals surface area contributed by atoms with Gasteiger partial charge in [-0.05, 0) is 73.0 Å². The summed E-state index contributed by atoms with van der Waals surface area (Å²) in [6.07, 6.45) is 15.7. The Bertz CT molecular complexity index is 474. The van der Waals surface area contributed by atoms with Crippen LogP contribution in [0.1, 0.15) is 107 Å². The molecule has 0 radical (unpaired) electrons. The lowest BCUT2D eigenvalue weighted by atomic mass is 9.79. The lowest BCUT2D eigenvalue weighted by molar-refractivity contribution is 0.392. The Morgan fingerprint density at radius 1 is 0.875 bits per heavy atom. The van der Waals surface area contributed by atoms with E-state index in [0.717, 1.165) is 0 Å². The summed E-state index contributed by atoms with van der Waals surface area (Å²) in [6.45, 7) is 2.26. The van der Waals surface area contributed by atoms with Crippen LogP contribution in [-0.2, 0) is 0 Å². The van der Waals surface area contributed by atoms with E-state index in [1.807, 2.05) is 11.8 Å². The van der Waals surface area contributed by atoms with E-state index in [1.165, 1.54) is 98.8 Å². The molecular weight excluding hydrogens is 312 g/mol. The van der Waals surface area contributed by atoms with E-state index in [1.54, 1.807) is 0 Å². The minimum Gasteiger partial charge on any atom is -0.507 e. The van der Waals surface area contributed by atoms with Crippen molar-refractivity contribution >= 4 is 11.8 Å². The average Bonchev–Trinajstić information content (AvgIpc) is 2.64. The molecule has 2 aliphatic rings. The van der Waals surface area contributed by atoms with Crippen LogP contribution >= 0.6 is 11.8 Å². The summed E-state index contributed by atoms with van der Waals surface area (Å²) < 4.78 is 0. The van der Waals surface area contributed by atoms with Crippen LogP contribution in [0, 0.1) is 0 Å². The number of phenols is 1. The van der Waals surface area contributed by atoms with Crippen LogP contribution in [-0.4, -0.2) is 10.9 Å². The molecule has 0 aliphatic heterocycles. The van der Waals surface area contributed by atoms with Gasteiger partial charge < -0.3 is 5.11 Å². The number of unbranched alkanes of at least 4 members (excludes halogenated alkanes) is 1. The third-order valence-electron chi connectivity index (χ3n) is 6.00. The monoisotopic (exact) mass is 346 g/mol. The van der Waals surface area contributed by atoms with E-state index in [9.17, 15) is 5.11 Å². The molecule has 0 spiro atoms. The van der Waals surface area contributed by atoms with E-state index in [0.29, 0.717) is 17.6 Å². The molecule has 3 rings (SSSR count). The molecule has 134 valence electrons. The topological polar surface area (TPSA) is 20.2 Å². The van der Waals surface area contributed by atoms with Crippen LogP contribution in [0.4, 0.5) is 0 Å². The van der Waals surface area contributed by atoms with Gasteiger partial charge >= 0.3 is 0 Å². The van der Waals surface area contributed by atoms with Crippen LogP contribution < -0.4 is 0 Å². The number of thioether (sulfide) groups is 1. The summed E-state index contributed by atoms with van der Waals surface area (Å²) in [5.74, 6) is 3.05. The Morgan fingerprint density at radius 3 is 1.83 bits per heavy atom. The number of hydrogen-bond donors (Lipinski definition) is 1. The quantitative estimate of drug-likeness (QED) is 0.428. The molecule has 1 aromatic rings. The highest BCUT2D eigenvalue weighted by atomic mass is 32.2. The molecule has 1 nitrogen and oxygen atoms in total. The van der Waals surface area contributed by atoms with Crippen molar-refractivity contribution in [3.8, 4) is 5.75 Å². The van der Waals surface area contributed by atoms with Crippen molar-refractivity contribution in [2.75, 3.05) is 5.75 Å². The second-order valence-electron chi connectivity index (χ2n) is 7.82. The van der Waals surface area contributed by atoms with E-state index < -0.39 is 0 Å². The van der Waals surface area contributed by atoms with Crippen LogP contribution in [0.3, 0.4) is 0 Å². The molecule has 0 bridgehead atoms. The van der Waals surface area contributed by atoms with Gasteiger partial charge in [0.05, 0.1) is 0 Å². The highest BCUT2D eigenvalue weighted by Crippen LogP contribution is 2.45. The van der Waals surface area contributed by atoms with Gasteiger partial charge in [0, 0.05) is 4.90 Å². The van der Waals surface area contributed by atoms with Gasteiger partial charge in [-0.2, -0.15) is 0 Å². The molecule has 0 unspecified atom stereocenters. The first-order chi connectivity index (χ1) is 11.8. The summed E-state index contributed by atoms with van der Waals surface area (Å²) in [5, 5.41) is 11.1. The molecule has 0 atom stereocenters. The zero-order chi connectivity index (χ0) is 16.8. The van der Waals surface area contributed by atoms with E-state index >= 15 is 0 Å². The largest absolute Gasteiger partial charge is 0.507 e. The zero-order valence-electron chi connectivity index (χ0n) is 15.4. The fourth-order valence-corrected chi connectivity index (χ4v) is 5.61. The van der Waals surface area contributed by atoms with E-state index in [-0.39, 0.29) is 0 Å². The Morgan fingerprint density at radius 2 is 1.38 bits per heavy atom. The number of rotatable bonds is 6. The Balaban J connectivity index is 1.88. The molecule has 2 heteroatoms. The fraction of sp³-hybridized carbons (Fsp3) is 0.727. The van der Waals surface area contributed by atoms with Gasteiger partial charge in [0.25, 0.3) is 0 Å². The summed E-state index contributed by atoms with van der Waals surface area (Å²) in [7, 11) is 0. The van der Waals surface area contributed by atoms with Gasteiger partial charge in [-0.25, -0.2) is 0 Å². The molecule has 2 aliphatic carbocycles. The second kappa shape index (κ2) is 9.17. The van der Waals surface area contributed by atoms with Gasteiger partial charge in [0.15, 0.2) is 0 Å². The number of hydrogen-bond acceptors (Lipinski definition) is 2. The van der Waals surface area contributed by atoms with Gasteiger partial charge in [-0.1, -0.05) is 51.9 Å². The summed E-state index contributed by atoms with van der Waals surface area (Å²) >= 11 is 2.00. The molecule has 2 saturated carbocycles. The lowest BCUT2D eigenvalue weighted by Gasteiger charge is -2.28. The maximum absolute atomic E-state index is 11.1. The molecule has 1 aromatic carbocycles. The highest BCUT2D eigenvalue weighted by Gasteiger charge is 2.25. The van der Waals surface area contributed by atoms with Gasteiger partial charge in [-0.3, -0.25) is 0 Å². The van der Waals surface area contributed by atoms with Crippen molar-refractivity contribution in [1.82, 2.24) is 0 Å². The van der Waals surface area contributed by atoms with Crippen LogP contribution in [0.25, 0.3) is 0 Å². The van der Waals surface area contributed by atoms with Gasteiger partial charge in [0.1, 0.15) is 5.75 Å². The predicted octanol–water partition coefficient (Wildman–Crippen LogP) is 7.38. The standard InChI is InChI=1S/C22H34OS/c1-2-3-14-24-19-15-20(17-10-6-4-7-11-17)22(23)21(16-19)18-12-8-5-9-13-18/h15-18,23H,2-14H2,1H3. The Kier molecular flexibility index (Phi) is 6.95. The van der Waals surface area contributed by atoms with Crippen LogP contribution in [0.5, 0.6) is 5.75 Å². The highest BCUT2D eigenvalue weighted by molar-refractivity contribution is 7.99. The fourth-order valence-electron chi connectivity index (χ4n) is 4.52. The SMILES string of the molecule is CCCCSc1cc(C2CCCCC2)c(O)c(C2CCCCC2)c1. The summed E-state index contributed by atoms with van der Waals surface area (Å²) in [4.78, 5) is 1.40.